The van der Waals surface area contributed by atoms with Crippen LogP contribution in [-0.4, -0.2) is 11.7 Å². The number of thiophene rings is 1. The van der Waals surface area contributed by atoms with Gasteiger partial charge >= 0.3 is 0 Å². The molecule has 1 aromatic carbocycles. The molecule has 0 aliphatic carbocycles. The van der Waals surface area contributed by atoms with E-state index in [4.69, 9.17) is 4.42 Å². The summed E-state index contributed by atoms with van der Waals surface area (Å²) in [7, 11) is 0. The van der Waals surface area contributed by atoms with Crippen LogP contribution in [0.2, 0.25) is 0 Å². The minimum Gasteiger partial charge on any atom is -0.461 e. The first-order chi connectivity index (χ1) is 11.6. The van der Waals surface area contributed by atoms with Crippen LogP contribution in [0.3, 0.4) is 0 Å². The lowest BCUT2D eigenvalue weighted by molar-refractivity contribution is 0.0942. The summed E-state index contributed by atoms with van der Waals surface area (Å²) in [5.74, 6) is -2.73. The van der Waals surface area contributed by atoms with Gasteiger partial charge in [-0.2, -0.15) is 0 Å². The van der Waals surface area contributed by atoms with Crippen molar-refractivity contribution in [2.75, 3.05) is 0 Å². The Bertz CT molecular complexity index is 867. The highest BCUT2D eigenvalue weighted by atomic mass is 32.1. The quantitative estimate of drug-likeness (QED) is 0.715. The summed E-state index contributed by atoms with van der Waals surface area (Å²) in [5, 5.41) is 2.44. The van der Waals surface area contributed by atoms with Crippen LogP contribution in [0.1, 0.15) is 30.7 Å². The van der Waals surface area contributed by atoms with Crippen LogP contribution < -0.4 is 5.32 Å². The summed E-state index contributed by atoms with van der Waals surface area (Å²) in [5.41, 5.74) is -0.624. The number of nitrogens with one attached hydrogen (secondary N) is 1. The van der Waals surface area contributed by atoms with Crippen LogP contribution in [0, 0.1) is 11.6 Å². The summed E-state index contributed by atoms with van der Waals surface area (Å²) in [6.45, 7) is 0.0582. The Morgan fingerprint density at radius 3 is 2.46 bits per heavy atom. The summed E-state index contributed by atoms with van der Waals surface area (Å²) in [4.78, 5) is 25.1. The van der Waals surface area contributed by atoms with Crippen LogP contribution >= 0.6 is 11.3 Å². The molecule has 0 fully saturated rings. The monoisotopic (exact) mass is 347 g/mol. The molecule has 24 heavy (non-hydrogen) atoms. The molecule has 0 saturated heterocycles. The van der Waals surface area contributed by atoms with E-state index in [9.17, 15) is 18.4 Å². The summed E-state index contributed by atoms with van der Waals surface area (Å²) in [6.07, 6.45) is 1.41. The summed E-state index contributed by atoms with van der Waals surface area (Å²) >= 11 is 1.17. The molecule has 3 aromatic rings. The highest BCUT2D eigenvalue weighted by Gasteiger charge is 2.18. The number of carbonyl (C=O) groups is 2. The van der Waals surface area contributed by atoms with Gasteiger partial charge in [-0.25, -0.2) is 8.78 Å². The molecule has 0 saturated carbocycles. The average molecular weight is 347 g/mol. The Morgan fingerprint density at radius 1 is 1.04 bits per heavy atom. The number of benzene rings is 1. The van der Waals surface area contributed by atoms with E-state index in [1.807, 2.05) is 0 Å². The van der Waals surface area contributed by atoms with Gasteiger partial charge in [0.2, 0.25) is 5.78 Å². The zero-order valence-corrected chi connectivity index (χ0v) is 13.0. The zero-order chi connectivity index (χ0) is 17.1. The van der Waals surface area contributed by atoms with E-state index in [1.165, 1.54) is 23.7 Å². The van der Waals surface area contributed by atoms with Gasteiger partial charge in [0.25, 0.3) is 5.91 Å². The molecule has 2 heterocycles. The third kappa shape index (κ3) is 3.26. The predicted molar refractivity (Wildman–Crippen MR) is 84.0 cm³/mol. The van der Waals surface area contributed by atoms with Crippen LogP contribution in [-0.2, 0) is 6.54 Å². The minimum atomic E-state index is -0.924. The van der Waals surface area contributed by atoms with Gasteiger partial charge in [0, 0.05) is 4.88 Å². The summed E-state index contributed by atoms with van der Waals surface area (Å²) < 4.78 is 32.1. The minimum absolute atomic E-state index is 0.0582. The van der Waals surface area contributed by atoms with Crippen LogP contribution in [0.15, 0.2) is 53.1 Å². The lowest BCUT2D eigenvalue weighted by Gasteiger charge is -2.05. The Labute approximate surface area is 139 Å². The van der Waals surface area contributed by atoms with Gasteiger partial charge in [0.1, 0.15) is 17.2 Å². The van der Waals surface area contributed by atoms with E-state index < -0.39 is 23.1 Å². The number of furan rings is 1. The maximum Gasteiger partial charge on any atom is 0.257 e. The second kappa shape index (κ2) is 6.76. The molecule has 0 spiro atoms. The molecule has 0 aliphatic rings. The highest BCUT2D eigenvalue weighted by molar-refractivity contribution is 7.14. The molecule has 122 valence electrons. The fourth-order valence-corrected chi connectivity index (χ4v) is 2.99. The number of hydrogen-bond acceptors (Lipinski definition) is 4. The second-order valence-corrected chi connectivity index (χ2v) is 6.02. The topological polar surface area (TPSA) is 59.3 Å². The van der Waals surface area contributed by atoms with Crippen molar-refractivity contribution in [2.24, 2.45) is 0 Å². The Morgan fingerprint density at radius 2 is 1.79 bits per heavy atom. The molecule has 2 aromatic heterocycles. The van der Waals surface area contributed by atoms with Crippen molar-refractivity contribution in [3.8, 4) is 0 Å². The zero-order valence-electron chi connectivity index (χ0n) is 12.2. The van der Waals surface area contributed by atoms with Gasteiger partial charge < -0.3 is 9.73 Å². The van der Waals surface area contributed by atoms with Gasteiger partial charge in [0.15, 0.2) is 5.76 Å². The van der Waals surface area contributed by atoms with Crippen molar-refractivity contribution in [1.82, 2.24) is 5.32 Å². The lowest BCUT2D eigenvalue weighted by atomic mass is 10.2. The molecule has 3 rings (SSSR count). The van der Waals surface area contributed by atoms with E-state index in [2.05, 4.69) is 5.32 Å². The first-order valence-corrected chi connectivity index (χ1v) is 7.77. The fraction of sp³-hybridized carbons (Fsp3) is 0.0588. The van der Waals surface area contributed by atoms with Crippen molar-refractivity contribution in [2.45, 2.75) is 6.54 Å². The van der Waals surface area contributed by atoms with E-state index in [0.717, 1.165) is 12.1 Å². The number of carbonyl (C=O) groups excluding carboxylic acids is 2. The largest absolute Gasteiger partial charge is 0.461 e. The predicted octanol–water partition coefficient (Wildman–Crippen LogP) is 3.78. The number of rotatable bonds is 5. The molecule has 1 N–H and O–H groups in total. The summed E-state index contributed by atoms with van der Waals surface area (Å²) in [6, 6.07) is 9.68. The van der Waals surface area contributed by atoms with Gasteiger partial charge in [-0.3, -0.25) is 9.59 Å². The molecule has 0 bridgehead atoms. The van der Waals surface area contributed by atoms with Crippen molar-refractivity contribution in [3.05, 3.63) is 81.4 Å². The van der Waals surface area contributed by atoms with Gasteiger partial charge in [-0.15, -0.1) is 11.3 Å². The van der Waals surface area contributed by atoms with Crippen molar-refractivity contribution >= 4 is 23.0 Å². The van der Waals surface area contributed by atoms with E-state index in [-0.39, 0.29) is 18.1 Å². The Hall–Kier alpha value is -2.80. The SMILES string of the molecule is O=C(c1ccco1)c1ccc(CNC(=O)c2c(F)cccc2F)s1. The number of hydrogen-bond donors (Lipinski definition) is 1. The molecule has 0 unspecified atom stereocenters. The second-order valence-electron chi connectivity index (χ2n) is 4.85. The normalized spacial score (nSPS) is 10.6. The van der Waals surface area contributed by atoms with Crippen molar-refractivity contribution in [3.63, 3.8) is 0 Å². The van der Waals surface area contributed by atoms with E-state index in [1.54, 1.807) is 24.3 Å². The third-order valence-electron chi connectivity index (χ3n) is 3.24. The van der Waals surface area contributed by atoms with Crippen molar-refractivity contribution in [1.29, 1.82) is 0 Å². The van der Waals surface area contributed by atoms with Gasteiger partial charge in [0.05, 0.1) is 17.7 Å². The van der Waals surface area contributed by atoms with Crippen LogP contribution in [0.25, 0.3) is 0 Å². The maximum absolute atomic E-state index is 13.5. The highest BCUT2D eigenvalue weighted by Crippen LogP contribution is 2.20. The molecule has 0 atom stereocenters. The molecule has 0 radical (unpaired) electrons. The third-order valence-corrected chi connectivity index (χ3v) is 4.33. The lowest BCUT2D eigenvalue weighted by Crippen LogP contribution is -2.24. The van der Waals surface area contributed by atoms with E-state index >= 15 is 0 Å². The van der Waals surface area contributed by atoms with Gasteiger partial charge in [-0.05, 0) is 36.4 Å². The average Bonchev–Trinajstić information content (AvgIpc) is 3.24. The van der Waals surface area contributed by atoms with Crippen LogP contribution in [0.4, 0.5) is 8.78 Å². The molecular formula is C17H11F2NO3S. The molecule has 4 nitrogen and oxygen atoms in total. The fourth-order valence-electron chi connectivity index (χ4n) is 2.09. The standard InChI is InChI=1S/C17H11F2NO3S/c18-11-3-1-4-12(19)15(11)17(22)20-9-10-6-7-14(24-10)16(21)13-5-2-8-23-13/h1-8H,9H2,(H,20,22). The molecule has 7 heteroatoms. The number of ketones is 1. The number of halogens is 2. The van der Waals surface area contributed by atoms with E-state index in [0.29, 0.717) is 9.75 Å². The smallest absolute Gasteiger partial charge is 0.257 e. The molecule has 1 amide bonds. The Balaban J connectivity index is 1.68. The maximum atomic E-state index is 13.5. The van der Waals surface area contributed by atoms with Crippen LogP contribution in [0.5, 0.6) is 0 Å². The molecule has 0 aliphatic heterocycles. The Kier molecular flexibility index (Phi) is 4.52. The van der Waals surface area contributed by atoms with Gasteiger partial charge in [-0.1, -0.05) is 6.07 Å². The molecular weight excluding hydrogens is 336 g/mol. The first kappa shape index (κ1) is 16.1. The number of amides is 1. The first-order valence-electron chi connectivity index (χ1n) is 6.95. The van der Waals surface area contributed by atoms with Crippen molar-refractivity contribution < 1.29 is 22.8 Å².